The van der Waals surface area contributed by atoms with E-state index in [2.05, 4.69) is 39.7 Å². The number of ether oxygens (including phenoxy) is 1. The summed E-state index contributed by atoms with van der Waals surface area (Å²) in [6.45, 7) is 3.63. The molecule has 0 saturated carbocycles. The van der Waals surface area contributed by atoms with Crippen LogP contribution in [0.25, 0.3) is 11.1 Å². The second-order valence-electron chi connectivity index (χ2n) is 8.38. The number of aliphatic hydroxyl groups is 2. The van der Waals surface area contributed by atoms with Gasteiger partial charge >= 0.3 is 0 Å². The maximum absolute atomic E-state index is 12.8. The van der Waals surface area contributed by atoms with E-state index in [1.165, 1.54) is 0 Å². The summed E-state index contributed by atoms with van der Waals surface area (Å²) in [6.07, 6.45) is 1.61. The first-order chi connectivity index (χ1) is 16.5. The average Bonchev–Trinajstić information content (AvgIpc) is 2.86. The first-order valence-electron chi connectivity index (χ1n) is 11.3. The molecule has 1 aromatic heterocycles. The lowest BCUT2D eigenvalue weighted by atomic mass is 9.98. The molecule has 34 heavy (non-hydrogen) atoms. The van der Waals surface area contributed by atoms with Crippen molar-refractivity contribution in [3.05, 3.63) is 71.5 Å². The van der Waals surface area contributed by atoms with Crippen LogP contribution in [0.5, 0.6) is 5.75 Å². The predicted octanol–water partition coefficient (Wildman–Crippen LogP) is 2.58. The fourth-order valence-corrected chi connectivity index (χ4v) is 3.91. The molecule has 0 aliphatic carbocycles. The van der Waals surface area contributed by atoms with Crippen molar-refractivity contribution in [1.82, 2.24) is 10.3 Å². The number of carbonyl (C=O) groups excluding carboxylic acids is 1. The third-order valence-corrected chi connectivity index (χ3v) is 6.04. The summed E-state index contributed by atoms with van der Waals surface area (Å²) in [7, 11) is 2.06. The number of pyridine rings is 1. The molecule has 1 amide bonds. The molecular formula is C26H30N4O4. The van der Waals surface area contributed by atoms with Crippen LogP contribution in [0.4, 0.5) is 11.4 Å². The van der Waals surface area contributed by atoms with Gasteiger partial charge in [-0.2, -0.15) is 0 Å². The Morgan fingerprint density at radius 1 is 1.18 bits per heavy atom. The number of aromatic nitrogens is 1. The zero-order valence-corrected chi connectivity index (χ0v) is 19.4. The molecule has 8 heteroatoms. The molecule has 4 rings (SSSR count). The zero-order valence-electron chi connectivity index (χ0n) is 19.4. The molecule has 3 aromatic rings. The lowest BCUT2D eigenvalue weighted by molar-refractivity contribution is 0.102. The highest BCUT2D eigenvalue weighted by Gasteiger charge is 2.17. The van der Waals surface area contributed by atoms with E-state index in [0.717, 1.165) is 45.9 Å². The molecule has 0 unspecified atom stereocenters. The number of likely N-dealkylation sites (N-methyl/N-ethyl adjacent to an activating group) is 1. The van der Waals surface area contributed by atoms with Gasteiger partial charge in [0.15, 0.2) is 0 Å². The van der Waals surface area contributed by atoms with Crippen molar-refractivity contribution in [1.29, 1.82) is 0 Å². The number of rotatable bonds is 8. The summed E-state index contributed by atoms with van der Waals surface area (Å²) in [5.74, 6) is 0.571. The van der Waals surface area contributed by atoms with Crippen LogP contribution >= 0.6 is 0 Å². The molecule has 0 saturated heterocycles. The summed E-state index contributed by atoms with van der Waals surface area (Å²) in [6, 6.07) is 15.1. The Bertz CT molecular complexity index is 1150. The molecule has 0 radical (unpaired) electrons. The smallest absolute Gasteiger partial charge is 0.274 e. The van der Waals surface area contributed by atoms with E-state index >= 15 is 0 Å². The van der Waals surface area contributed by atoms with E-state index < -0.39 is 0 Å². The first kappa shape index (κ1) is 23.7. The van der Waals surface area contributed by atoms with Crippen LogP contribution < -0.4 is 20.3 Å². The number of benzene rings is 2. The van der Waals surface area contributed by atoms with E-state index in [-0.39, 0.29) is 25.2 Å². The predicted molar refractivity (Wildman–Crippen MR) is 132 cm³/mol. The minimum atomic E-state index is -0.388. The normalized spacial score (nSPS) is 12.9. The van der Waals surface area contributed by atoms with Gasteiger partial charge in [-0.15, -0.1) is 0 Å². The number of nitrogens with zero attached hydrogens (tertiary/aromatic N) is 2. The van der Waals surface area contributed by atoms with Gasteiger partial charge in [0.2, 0.25) is 0 Å². The lowest BCUT2D eigenvalue weighted by Gasteiger charge is -2.28. The quantitative estimate of drug-likeness (QED) is 0.408. The van der Waals surface area contributed by atoms with Crippen LogP contribution in [0, 0.1) is 6.92 Å². The third kappa shape index (κ3) is 5.20. The molecule has 2 aromatic carbocycles. The monoisotopic (exact) mass is 462 g/mol. The summed E-state index contributed by atoms with van der Waals surface area (Å²) in [4.78, 5) is 19.3. The number of anilines is 2. The minimum Gasteiger partial charge on any atom is -0.490 e. The van der Waals surface area contributed by atoms with Crippen molar-refractivity contribution in [2.75, 3.05) is 43.6 Å². The van der Waals surface area contributed by atoms with Crippen LogP contribution in [0.2, 0.25) is 0 Å². The molecule has 4 N–H and O–H groups in total. The largest absolute Gasteiger partial charge is 0.490 e. The minimum absolute atomic E-state index is 0.154. The number of carbonyl (C=O) groups is 1. The second-order valence-corrected chi connectivity index (χ2v) is 8.38. The standard InChI is InChI=1S/C26H30N4O4/c1-17-21(19-7-9-24-25(12-19)34-11-10-30(24)2)4-3-5-22(17)29-26(33)23-8-6-18(14-28-23)13-27-20(15-31)16-32/h3-9,12,14,20,27,31-32H,10-11,13,15-16H2,1-2H3,(H,29,33). The van der Waals surface area contributed by atoms with Gasteiger partial charge in [-0.25, -0.2) is 0 Å². The number of hydrogen-bond acceptors (Lipinski definition) is 7. The average molecular weight is 463 g/mol. The van der Waals surface area contributed by atoms with Crippen LogP contribution in [0.15, 0.2) is 54.7 Å². The number of nitrogens with one attached hydrogen (secondary N) is 2. The van der Waals surface area contributed by atoms with Crippen molar-refractivity contribution < 1.29 is 19.7 Å². The Morgan fingerprint density at radius 3 is 2.74 bits per heavy atom. The van der Waals surface area contributed by atoms with E-state index in [4.69, 9.17) is 14.9 Å². The Kier molecular flexibility index (Phi) is 7.42. The summed E-state index contributed by atoms with van der Waals surface area (Å²) < 4.78 is 5.85. The fraction of sp³-hybridized carbons (Fsp3) is 0.308. The van der Waals surface area contributed by atoms with Crippen LogP contribution in [-0.4, -0.2) is 60.6 Å². The van der Waals surface area contributed by atoms with Gasteiger partial charge in [0.05, 0.1) is 31.5 Å². The Morgan fingerprint density at radius 2 is 2.00 bits per heavy atom. The first-order valence-corrected chi connectivity index (χ1v) is 11.3. The van der Waals surface area contributed by atoms with Gasteiger partial charge in [0, 0.05) is 25.5 Å². The highest BCUT2D eigenvalue weighted by atomic mass is 16.5. The van der Waals surface area contributed by atoms with Gasteiger partial charge in [-0.3, -0.25) is 9.78 Å². The van der Waals surface area contributed by atoms with Crippen molar-refractivity contribution in [2.24, 2.45) is 0 Å². The van der Waals surface area contributed by atoms with Crippen LogP contribution in [0.1, 0.15) is 21.6 Å². The highest BCUT2D eigenvalue weighted by molar-refractivity contribution is 6.03. The van der Waals surface area contributed by atoms with Gasteiger partial charge in [0.1, 0.15) is 18.1 Å². The maximum atomic E-state index is 12.8. The van der Waals surface area contributed by atoms with Crippen LogP contribution in [0.3, 0.4) is 0 Å². The molecule has 0 atom stereocenters. The Hall–Kier alpha value is -3.46. The van der Waals surface area contributed by atoms with Crippen molar-refractivity contribution in [3.63, 3.8) is 0 Å². The molecule has 0 bridgehead atoms. The maximum Gasteiger partial charge on any atom is 0.274 e. The molecule has 8 nitrogen and oxygen atoms in total. The van der Waals surface area contributed by atoms with Gasteiger partial charge in [-0.1, -0.05) is 24.3 Å². The van der Waals surface area contributed by atoms with Gasteiger partial charge < -0.3 is 30.5 Å². The van der Waals surface area contributed by atoms with Crippen molar-refractivity contribution in [2.45, 2.75) is 19.5 Å². The topological polar surface area (TPSA) is 107 Å². The molecule has 0 fully saturated rings. The zero-order chi connectivity index (χ0) is 24.1. The summed E-state index contributed by atoms with van der Waals surface area (Å²) in [5, 5.41) is 24.3. The second kappa shape index (κ2) is 10.6. The lowest BCUT2D eigenvalue weighted by Crippen LogP contribution is -2.35. The van der Waals surface area contributed by atoms with E-state index in [1.807, 2.05) is 31.2 Å². The number of aliphatic hydroxyl groups excluding tert-OH is 2. The van der Waals surface area contributed by atoms with Crippen LogP contribution in [-0.2, 0) is 6.54 Å². The van der Waals surface area contributed by atoms with Gasteiger partial charge in [-0.05, 0) is 53.4 Å². The Balaban J connectivity index is 1.48. The van der Waals surface area contributed by atoms with E-state index in [9.17, 15) is 4.79 Å². The van der Waals surface area contributed by atoms with E-state index in [0.29, 0.717) is 18.8 Å². The molecule has 1 aliphatic heterocycles. The third-order valence-electron chi connectivity index (χ3n) is 6.04. The van der Waals surface area contributed by atoms with E-state index in [1.54, 1.807) is 18.3 Å². The molecule has 1 aliphatic rings. The summed E-state index contributed by atoms with van der Waals surface area (Å²) in [5.41, 5.74) is 5.96. The number of fused-ring (bicyclic) bond motifs is 1. The Labute approximate surface area is 199 Å². The number of amides is 1. The highest BCUT2D eigenvalue weighted by Crippen LogP contribution is 2.37. The van der Waals surface area contributed by atoms with Gasteiger partial charge in [0.25, 0.3) is 5.91 Å². The molecule has 2 heterocycles. The van der Waals surface area contributed by atoms with Crippen molar-refractivity contribution in [3.8, 4) is 16.9 Å². The molecule has 0 spiro atoms. The fourth-order valence-electron chi connectivity index (χ4n) is 3.91. The molecular weight excluding hydrogens is 432 g/mol. The number of hydrogen-bond donors (Lipinski definition) is 4. The molecule has 178 valence electrons. The summed E-state index contributed by atoms with van der Waals surface area (Å²) >= 11 is 0. The SMILES string of the molecule is Cc1c(NC(=O)c2ccc(CNC(CO)CO)cn2)cccc1-c1ccc2c(c1)OCCN2C. The van der Waals surface area contributed by atoms with Crippen molar-refractivity contribution >= 4 is 17.3 Å².